The molecule has 0 spiro atoms. The maximum absolute atomic E-state index is 2.44. The molecule has 1 heteroatoms. The quantitative estimate of drug-likeness (QED) is 0.150. The van der Waals surface area contributed by atoms with Gasteiger partial charge in [-0.3, -0.25) is 0 Å². The Morgan fingerprint density at radius 1 is 0.236 bits per heavy atom. The highest BCUT2D eigenvalue weighted by Gasteiger charge is 2.20. The van der Waals surface area contributed by atoms with E-state index in [1.54, 1.807) is 0 Å². The van der Waals surface area contributed by atoms with Crippen molar-refractivity contribution in [2.45, 2.75) is 0 Å². The molecule has 0 heterocycles. The summed E-state index contributed by atoms with van der Waals surface area (Å²) in [7, 11) is 0. The van der Waals surface area contributed by atoms with Crippen LogP contribution in [0.5, 0.6) is 0 Å². The smallest absolute Gasteiger partial charge is 0.0540 e. The van der Waals surface area contributed by atoms with Crippen molar-refractivity contribution in [3.8, 4) is 44.5 Å². The van der Waals surface area contributed by atoms with Crippen molar-refractivity contribution in [2.75, 3.05) is 4.90 Å². The normalized spacial score (nSPS) is 11.3. The largest absolute Gasteiger partial charge is 0.310 e. The first-order valence-corrected chi connectivity index (χ1v) is 18.9. The van der Waals surface area contributed by atoms with Crippen molar-refractivity contribution in [3.63, 3.8) is 0 Å². The van der Waals surface area contributed by atoms with E-state index >= 15 is 0 Å². The number of hydrogen-bond acceptors (Lipinski definition) is 1. The van der Waals surface area contributed by atoms with Gasteiger partial charge in [-0.2, -0.15) is 0 Å². The summed E-state index contributed by atoms with van der Waals surface area (Å²) < 4.78 is 0. The number of nitrogens with zero attached hydrogens (tertiary/aromatic N) is 1. The molecule has 1 nitrogen and oxygen atoms in total. The summed E-state index contributed by atoms with van der Waals surface area (Å²) in [4.78, 5) is 2.44. The van der Waals surface area contributed by atoms with E-state index in [0.29, 0.717) is 0 Å². The van der Waals surface area contributed by atoms with Gasteiger partial charge in [-0.1, -0.05) is 182 Å². The lowest BCUT2D eigenvalue weighted by molar-refractivity contribution is 1.28. The Bertz CT molecular complexity index is 2900. The van der Waals surface area contributed by atoms with Gasteiger partial charge in [0.25, 0.3) is 0 Å². The SMILES string of the molecule is c1ccc(-c2cc(-c3ccccc3)cc(N(c3ccc(-c4cc5ccccc5c5ccccc45)cc3)c3ccccc3-c3cccc4ccccc34)c2)cc1. The second kappa shape index (κ2) is 14.0. The second-order valence-electron chi connectivity index (χ2n) is 14.1. The van der Waals surface area contributed by atoms with Crippen LogP contribution in [0.1, 0.15) is 0 Å². The monoisotopic (exact) mass is 699 g/mol. The van der Waals surface area contributed by atoms with Crippen molar-refractivity contribution in [1.82, 2.24) is 0 Å². The third-order valence-corrected chi connectivity index (χ3v) is 10.8. The maximum Gasteiger partial charge on any atom is 0.0540 e. The lowest BCUT2D eigenvalue weighted by Gasteiger charge is -2.29. The van der Waals surface area contributed by atoms with Gasteiger partial charge in [-0.25, -0.2) is 0 Å². The Morgan fingerprint density at radius 2 is 0.764 bits per heavy atom. The molecule has 0 aliphatic heterocycles. The molecule has 0 aliphatic carbocycles. The van der Waals surface area contributed by atoms with Gasteiger partial charge in [0, 0.05) is 16.9 Å². The first-order valence-electron chi connectivity index (χ1n) is 18.9. The molecule has 55 heavy (non-hydrogen) atoms. The number of benzene rings is 10. The molecule has 0 radical (unpaired) electrons. The van der Waals surface area contributed by atoms with Crippen LogP contribution in [0.25, 0.3) is 76.8 Å². The lowest BCUT2D eigenvalue weighted by atomic mass is 9.93. The average molecular weight is 700 g/mol. The van der Waals surface area contributed by atoms with Gasteiger partial charge >= 0.3 is 0 Å². The first kappa shape index (κ1) is 32.4. The molecule has 10 rings (SSSR count). The van der Waals surface area contributed by atoms with Crippen LogP contribution in [-0.4, -0.2) is 0 Å². The highest BCUT2D eigenvalue weighted by molar-refractivity contribution is 6.14. The second-order valence-corrected chi connectivity index (χ2v) is 14.1. The van der Waals surface area contributed by atoms with Gasteiger partial charge < -0.3 is 4.90 Å². The summed E-state index contributed by atoms with van der Waals surface area (Å²) >= 11 is 0. The summed E-state index contributed by atoms with van der Waals surface area (Å²) in [5, 5.41) is 7.52. The number of para-hydroxylation sites is 1. The molecular weight excluding hydrogens is 663 g/mol. The molecule has 258 valence electrons. The predicted octanol–water partition coefficient (Wildman–Crippen LogP) is 15.3. The maximum atomic E-state index is 2.44. The van der Waals surface area contributed by atoms with E-state index in [9.17, 15) is 0 Å². The van der Waals surface area contributed by atoms with E-state index in [2.05, 4.69) is 229 Å². The standard InChI is InChI=1S/C54H37N/c1-3-16-38(17-4-1)43-34-44(39-18-5-2-6-19-39)36-46(35-43)55(54-29-14-13-27-52(54)50-28-15-22-40-20-7-9-23-47(40)50)45-32-30-41(31-33-45)53-37-42-21-8-10-24-48(42)49-25-11-12-26-51(49)53/h1-37H. The molecule has 0 aromatic heterocycles. The molecule has 0 atom stereocenters. The fourth-order valence-corrected chi connectivity index (χ4v) is 8.20. The fourth-order valence-electron chi connectivity index (χ4n) is 8.20. The summed E-state index contributed by atoms with van der Waals surface area (Å²) in [6.45, 7) is 0. The van der Waals surface area contributed by atoms with Crippen molar-refractivity contribution in [3.05, 3.63) is 224 Å². The van der Waals surface area contributed by atoms with Crippen LogP contribution in [0.2, 0.25) is 0 Å². The Kier molecular flexibility index (Phi) is 8.24. The van der Waals surface area contributed by atoms with Crippen molar-refractivity contribution >= 4 is 49.4 Å². The zero-order valence-corrected chi connectivity index (χ0v) is 30.3. The van der Waals surface area contributed by atoms with Gasteiger partial charge in [-0.05, 0) is 114 Å². The molecule has 0 aliphatic rings. The molecular formula is C54H37N. The van der Waals surface area contributed by atoms with Crippen LogP contribution in [-0.2, 0) is 0 Å². The van der Waals surface area contributed by atoms with Gasteiger partial charge in [0.05, 0.1) is 5.69 Å². The van der Waals surface area contributed by atoms with Crippen LogP contribution in [0, 0.1) is 0 Å². The van der Waals surface area contributed by atoms with E-state index < -0.39 is 0 Å². The molecule has 0 saturated carbocycles. The topological polar surface area (TPSA) is 3.24 Å². The number of fused-ring (bicyclic) bond motifs is 4. The number of rotatable bonds is 7. The number of hydrogen-bond donors (Lipinski definition) is 0. The molecule has 10 aromatic carbocycles. The van der Waals surface area contributed by atoms with Crippen molar-refractivity contribution < 1.29 is 0 Å². The Balaban J connectivity index is 1.21. The molecule has 0 N–H and O–H groups in total. The van der Waals surface area contributed by atoms with Crippen LogP contribution in [0.4, 0.5) is 17.1 Å². The zero-order chi connectivity index (χ0) is 36.6. The molecule has 0 fully saturated rings. The molecule has 0 unspecified atom stereocenters. The first-order chi connectivity index (χ1) is 27.3. The van der Waals surface area contributed by atoms with Crippen LogP contribution in [0.3, 0.4) is 0 Å². The summed E-state index contributed by atoms with van der Waals surface area (Å²) in [5.41, 5.74) is 12.8. The lowest BCUT2D eigenvalue weighted by Crippen LogP contribution is -2.11. The van der Waals surface area contributed by atoms with Crippen LogP contribution >= 0.6 is 0 Å². The predicted molar refractivity (Wildman–Crippen MR) is 235 cm³/mol. The molecule has 10 aromatic rings. The van der Waals surface area contributed by atoms with Crippen molar-refractivity contribution in [2.24, 2.45) is 0 Å². The Hall–Kier alpha value is -7.22. The minimum atomic E-state index is 1.09. The van der Waals surface area contributed by atoms with E-state index in [-0.39, 0.29) is 0 Å². The summed E-state index contributed by atoms with van der Waals surface area (Å²) in [6.07, 6.45) is 0. The van der Waals surface area contributed by atoms with Gasteiger partial charge in [0.15, 0.2) is 0 Å². The minimum absolute atomic E-state index is 1.09. The van der Waals surface area contributed by atoms with Crippen LogP contribution < -0.4 is 4.90 Å². The van der Waals surface area contributed by atoms with Gasteiger partial charge in [0.2, 0.25) is 0 Å². The van der Waals surface area contributed by atoms with Crippen molar-refractivity contribution in [1.29, 1.82) is 0 Å². The van der Waals surface area contributed by atoms with Crippen LogP contribution in [0.15, 0.2) is 224 Å². The fraction of sp³-hybridized carbons (Fsp3) is 0. The highest BCUT2D eigenvalue weighted by Crippen LogP contribution is 2.45. The van der Waals surface area contributed by atoms with E-state index in [1.807, 2.05) is 0 Å². The summed E-state index contributed by atoms with van der Waals surface area (Å²) in [5.74, 6) is 0. The average Bonchev–Trinajstić information content (AvgIpc) is 3.27. The zero-order valence-electron chi connectivity index (χ0n) is 30.3. The van der Waals surface area contributed by atoms with E-state index in [0.717, 1.165) is 17.1 Å². The van der Waals surface area contributed by atoms with E-state index in [1.165, 1.54) is 76.8 Å². The third kappa shape index (κ3) is 6.02. The minimum Gasteiger partial charge on any atom is -0.310 e. The third-order valence-electron chi connectivity index (χ3n) is 10.8. The Morgan fingerprint density at radius 3 is 1.47 bits per heavy atom. The van der Waals surface area contributed by atoms with E-state index in [4.69, 9.17) is 0 Å². The summed E-state index contributed by atoms with van der Waals surface area (Å²) in [6, 6.07) is 81.5. The molecule has 0 bridgehead atoms. The Labute approximate surface area is 322 Å². The molecule has 0 saturated heterocycles. The van der Waals surface area contributed by atoms with Gasteiger partial charge in [0.1, 0.15) is 0 Å². The number of anilines is 3. The molecule has 0 amide bonds. The highest BCUT2D eigenvalue weighted by atomic mass is 15.1. The van der Waals surface area contributed by atoms with Gasteiger partial charge in [-0.15, -0.1) is 0 Å².